The monoisotopic (exact) mass is 360 g/mol. The van der Waals surface area contributed by atoms with Gasteiger partial charge in [-0.2, -0.15) is 13.2 Å². The summed E-state index contributed by atoms with van der Waals surface area (Å²) in [4.78, 5) is 26.8. The molecular weight excluding hydrogens is 345 g/mol. The topological polar surface area (TPSA) is 71.5 Å². The van der Waals surface area contributed by atoms with Crippen LogP contribution in [0.2, 0.25) is 0 Å². The van der Waals surface area contributed by atoms with E-state index in [1.807, 2.05) is 6.92 Å². The number of alkyl halides is 3. The van der Waals surface area contributed by atoms with Crippen molar-refractivity contribution in [1.82, 2.24) is 19.9 Å². The lowest BCUT2D eigenvalue weighted by Gasteiger charge is -2.14. The highest BCUT2D eigenvalue weighted by Crippen LogP contribution is 2.31. The molecule has 0 saturated carbocycles. The molecule has 5 nitrogen and oxygen atoms in total. The van der Waals surface area contributed by atoms with E-state index >= 15 is 0 Å². The first-order valence-corrected chi connectivity index (χ1v) is 7.81. The molecule has 0 spiro atoms. The van der Waals surface area contributed by atoms with Crippen LogP contribution in [0.5, 0.6) is 0 Å². The van der Waals surface area contributed by atoms with Crippen molar-refractivity contribution >= 4 is 0 Å². The van der Waals surface area contributed by atoms with E-state index in [1.54, 1.807) is 13.0 Å². The fourth-order valence-corrected chi connectivity index (χ4v) is 2.59. The van der Waals surface area contributed by atoms with Gasteiger partial charge in [0.1, 0.15) is 12.2 Å². The molecule has 2 aromatic heterocycles. The van der Waals surface area contributed by atoms with Gasteiger partial charge in [0.2, 0.25) is 0 Å². The molecule has 8 heteroatoms. The zero-order chi connectivity index (χ0) is 18.9. The molecule has 0 aliphatic carbocycles. The molecule has 0 saturated heterocycles. The van der Waals surface area contributed by atoms with Crippen LogP contribution in [0.25, 0.3) is 11.4 Å². The standard InChI is InChI=1S/C18H15F3N4O/c1-10(12-3-5-13(6-4-12)18(19,20)21)14-7-15(23-9-22-14)16-8-17(26)25-11(2)24-16/h3-10H,1-2H3,(H,24,25,26). The van der Waals surface area contributed by atoms with Gasteiger partial charge in [0, 0.05) is 12.0 Å². The van der Waals surface area contributed by atoms with Crippen molar-refractivity contribution in [2.24, 2.45) is 0 Å². The van der Waals surface area contributed by atoms with Crippen LogP contribution in [0, 0.1) is 6.92 Å². The third kappa shape index (κ3) is 3.79. The Kier molecular flexibility index (Phi) is 4.58. The van der Waals surface area contributed by atoms with E-state index in [1.165, 1.54) is 24.5 Å². The number of nitrogens with one attached hydrogen (secondary N) is 1. The lowest BCUT2D eigenvalue weighted by atomic mass is 9.96. The highest BCUT2D eigenvalue weighted by atomic mass is 19.4. The van der Waals surface area contributed by atoms with Crippen molar-refractivity contribution in [2.45, 2.75) is 25.9 Å². The van der Waals surface area contributed by atoms with E-state index in [-0.39, 0.29) is 11.5 Å². The number of aromatic amines is 1. The van der Waals surface area contributed by atoms with Crippen LogP contribution >= 0.6 is 0 Å². The molecule has 1 aromatic carbocycles. The number of rotatable bonds is 3. The summed E-state index contributed by atoms with van der Waals surface area (Å²) < 4.78 is 38.1. The molecule has 26 heavy (non-hydrogen) atoms. The number of H-pyrrole nitrogens is 1. The maximum Gasteiger partial charge on any atom is 0.416 e. The van der Waals surface area contributed by atoms with Crippen molar-refractivity contribution in [3.63, 3.8) is 0 Å². The van der Waals surface area contributed by atoms with Gasteiger partial charge >= 0.3 is 6.18 Å². The first kappa shape index (κ1) is 17.8. The first-order chi connectivity index (χ1) is 12.2. The van der Waals surface area contributed by atoms with Gasteiger partial charge in [0.05, 0.1) is 22.6 Å². The van der Waals surface area contributed by atoms with Gasteiger partial charge in [-0.25, -0.2) is 15.0 Å². The molecule has 0 aliphatic rings. The van der Waals surface area contributed by atoms with Gasteiger partial charge < -0.3 is 4.98 Å². The van der Waals surface area contributed by atoms with Crippen molar-refractivity contribution in [3.8, 4) is 11.4 Å². The van der Waals surface area contributed by atoms with E-state index in [2.05, 4.69) is 19.9 Å². The van der Waals surface area contributed by atoms with Gasteiger partial charge in [-0.1, -0.05) is 19.1 Å². The minimum absolute atomic E-state index is 0.248. The SMILES string of the molecule is Cc1nc(-c2cc(C(C)c3ccc(C(F)(F)F)cc3)ncn2)cc(=O)[nH]1. The molecule has 0 aliphatic heterocycles. The molecule has 3 rings (SSSR count). The summed E-state index contributed by atoms with van der Waals surface area (Å²) in [6, 6.07) is 7.99. The first-order valence-electron chi connectivity index (χ1n) is 7.81. The van der Waals surface area contributed by atoms with Crippen LogP contribution < -0.4 is 5.56 Å². The Morgan fingerprint density at radius 3 is 2.35 bits per heavy atom. The normalized spacial score (nSPS) is 12.8. The Morgan fingerprint density at radius 2 is 1.73 bits per heavy atom. The third-order valence-corrected chi connectivity index (χ3v) is 3.99. The van der Waals surface area contributed by atoms with Gasteiger partial charge in [0.15, 0.2) is 0 Å². The van der Waals surface area contributed by atoms with E-state index in [4.69, 9.17) is 0 Å². The zero-order valence-corrected chi connectivity index (χ0v) is 14.0. The van der Waals surface area contributed by atoms with Crippen molar-refractivity contribution in [1.29, 1.82) is 0 Å². The maximum absolute atomic E-state index is 12.7. The van der Waals surface area contributed by atoms with Crippen LogP contribution in [-0.2, 0) is 6.18 Å². The summed E-state index contributed by atoms with van der Waals surface area (Å²) in [5.74, 6) is 0.213. The third-order valence-electron chi connectivity index (χ3n) is 3.99. The summed E-state index contributed by atoms with van der Waals surface area (Å²) in [6.07, 6.45) is -3.02. The number of hydrogen-bond acceptors (Lipinski definition) is 4. The van der Waals surface area contributed by atoms with E-state index < -0.39 is 11.7 Å². The molecule has 2 heterocycles. The van der Waals surface area contributed by atoms with Gasteiger partial charge in [-0.15, -0.1) is 0 Å². The average Bonchev–Trinajstić information content (AvgIpc) is 2.60. The molecule has 134 valence electrons. The lowest BCUT2D eigenvalue weighted by molar-refractivity contribution is -0.137. The Bertz CT molecular complexity index is 981. The van der Waals surface area contributed by atoms with Crippen LogP contribution in [0.1, 0.15) is 35.5 Å². The smallest absolute Gasteiger partial charge is 0.311 e. The van der Waals surface area contributed by atoms with Crippen LogP contribution in [0.3, 0.4) is 0 Å². The van der Waals surface area contributed by atoms with Gasteiger partial charge in [-0.05, 0) is 30.7 Å². The number of halogens is 3. The summed E-state index contributed by atoms with van der Waals surface area (Å²) in [5, 5.41) is 0. The Morgan fingerprint density at radius 1 is 1.04 bits per heavy atom. The second-order valence-electron chi connectivity index (χ2n) is 5.89. The second kappa shape index (κ2) is 6.70. The summed E-state index contributed by atoms with van der Waals surface area (Å²) in [6.45, 7) is 3.50. The Labute approximate surface area is 147 Å². The van der Waals surface area contributed by atoms with E-state index in [0.717, 1.165) is 12.1 Å². The quantitative estimate of drug-likeness (QED) is 0.773. The summed E-state index contributed by atoms with van der Waals surface area (Å²) in [7, 11) is 0. The maximum atomic E-state index is 12.7. The summed E-state index contributed by atoms with van der Waals surface area (Å²) >= 11 is 0. The lowest BCUT2D eigenvalue weighted by Crippen LogP contribution is -2.09. The van der Waals surface area contributed by atoms with Crippen molar-refractivity contribution < 1.29 is 13.2 Å². The van der Waals surface area contributed by atoms with E-state index in [9.17, 15) is 18.0 Å². The molecule has 0 fully saturated rings. The molecule has 3 aromatic rings. The molecule has 1 unspecified atom stereocenters. The molecule has 0 radical (unpaired) electrons. The average molecular weight is 360 g/mol. The molecular formula is C18H15F3N4O. The minimum Gasteiger partial charge on any atom is -0.311 e. The Hall–Kier alpha value is -3.03. The minimum atomic E-state index is -4.37. The number of hydrogen-bond donors (Lipinski definition) is 1. The predicted molar refractivity (Wildman–Crippen MR) is 89.6 cm³/mol. The van der Waals surface area contributed by atoms with Crippen LogP contribution in [0.15, 0.2) is 47.5 Å². The number of aryl methyl sites for hydroxylation is 1. The fraction of sp³-hybridized carbons (Fsp3) is 0.222. The number of nitrogens with zero attached hydrogens (tertiary/aromatic N) is 3. The summed E-state index contributed by atoms with van der Waals surface area (Å²) in [5.41, 5.74) is 1.22. The second-order valence-corrected chi connectivity index (χ2v) is 5.89. The van der Waals surface area contributed by atoms with Crippen molar-refractivity contribution in [2.75, 3.05) is 0 Å². The highest BCUT2D eigenvalue weighted by Gasteiger charge is 2.30. The predicted octanol–water partition coefficient (Wildman–Crippen LogP) is 3.71. The van der Waals surface area contributed by atoms with Gasteiger partial charge in [0.25, 0.3) is 5.56 Å². The Balaban J connectivity index is 1.93. The molecule has 0 amide bonds. The molecule has 1 N–H and O–H groups in total. The zero-order valence-electron chi connectivity index (χ0n) is 14.0. The number of aromatic nitrogens is 4. The van der Waals surface area contributed by atoms with Crippen LogP contribution in [-0.4, -0.2) is 19.9 Å². The number of benzene rings is 1. The van der Waals surface area contributed by atoms with E-state index in [0.29, 0.717) is 28.5 Å². The van der Waals surface area contributed by atoms with Crippen molar-refractivity contribution in [3.05, 3.63) is 75.7 Å². The highest BCUT2D eigenvalue weighted by molar-refractivity contribution is 5.54. The molecule has 0 bridgehead atoms. The van der Waals surface area contributed by atoms with Crippen LogP contribution in [0.4, 0.5) is 13.2 Å². The largest absolute Gasteiger partial charge is 0.416 e. The fourth-order valence-electron chi connectivity index (χ4n) is 2.59. The van der Waals surface area contributed by atoms with Gasteiger partial charge in [-0.3, -0.25) is 4.79 Å². The molecule has 1 atom stereocenters.